The number of thioether (sulfide) groups is 1. The maximum Gasteiger partial charge on any atom is 0.319 e. The van der Waals surface area contributed by atoms with Crippen molar-refractivity contribution in [3.63, 3.8) is 0 Å². The molecule has 20 heavy (non-hydrogen) atoms. The van der Waals surface area contributed by atoms with Gasteiger partial charge in [-0.15, -0.1) is 11.8 Å². The van der Waals surface area contributed by atoms with E-state index in [4.69, 9.17) is 4.74 Å². The minimum Gasteiger partial charge on any atom is -0.459 e. The quantitative estimate of drug-likeness (QED) is 0.440. The van der Waals surface area contributed by atoms with Crippen LogP contribution in [0.1, 0.15) is 66.7 Å². The average Bonchev–Trinajstić information content (AvgIpc) is 2.24. The van der Waals surface area contributed by atoms with Crippen LogP contribution in [0, 0.1) is 0 Å². The van der Waals surface area contributed by atoms with E-state index in [9.17, 15) is 13.6 Å². The maximum atomic E-state index is 12.7. The highest BCUT2D eigenvalue weighted by Crippen LogP contribution is 2.25. The molecule has 0 aromatic heterocycles. The number of carbonyl (C=O) groups is 1. The van der Waals surface area contributed by atoms with Crippen LogP contribution in [0.3, 0.4) is 0 Å². The van der Waals surface area contributed by atoms with Gasteiger partial charge >= 0.3 is 5.97 Å². The largest absolute Gasteiger partial charge is 0.459 e. The van der Waals surface area contributed by atoms with E-state index in [-0.39, 0.29) is 17.6 Å². The van der Waals surface area contributed by atoms with Gasteiger partial charge in [-0.2, -0.15) is 0 Å². The van der Waals surface area contributed by atoms with Crippen molar-refractivity contribution in [2.24, 2.45) is 0 Å². The molecule has 0 bridgehead atoms. The van der Waals surface area contributed by atoms with Crippen molar-refractivity contribution in [3.05, 3.63) is 0 Å². The monoisotopic (exact) mass is 310 g/mol. The molecule has 0 aliphatic rings. The highest BCUT2D eigenvalue weighted by atomic mass is 32.2. The third-order valence-electron chi connectivity index (χ3n) is 2.57. The van der Waals surface area contributed by atoms with Crippen molar-refractivity contribution in [2.75, 3.05) is 5.75 Å². The third kappa shape index (κ3) is 11.5. The van der Waals surface area contributed by atoms with Crippen LogP contribution in [0.4, 0.5) is 8.78 Å². The Morgan fingerprint density at radius 3 is 2.25 bits per heavy atom. The van der Waals surface area contributed by atoms with E-state index >= 15 is 0 Å². The molecule has 0 heterocycles. The third-order valence-corrected chi connectivity index (χ3v) is 3.92. The van der Waals surface area contributed by atoms with Crippen LogP contribution in [0.15, 0.2) is 0 Å². The van der Waals surface area contributed by atoms with Gasteiger partial charge in [0, 0.05) is 6.42 Å². The number of hydrogen-bond acceptors (Lipinski definition) is 3. The lowest BCUT2D eigenvalue weighted by Crippen LogP contribution is -2.30. The van der Waals surface area contributed by atoms with Gasteiger partial charge in [0.1, 0.15) is 10.9 Å². The summed E-state index contributed by atoms with van der Waals surface area (Å²) in [5.41, 5.74) is -0.501. The van der Waals surface area contributed by atoms with Gasteiger partial charge in [0.2, 0.25) is 5.92 Å². The zero-order valence-corrected chi connectivity index (χ0v) is 14.1. The lowest BCUT2D eigenvalue weighted by atomic mass is 10.1. The van der Waals surface area contributed by atoms with Gasteiger partial charge in [-0.25, -0.2) is 8.78 Å². The van der Waals surface area contributed by atoms with E-state index in [1.807, 2.05) is 20.8 Å². The molecule has 0 amide bonds. The number of alkyl halides is 2. The number of hydrogen-bond donors (Lipinski definition) is 0. The number of rotatable bonds is 9. The van der Waals surface area contributed by atoms with Crippen LogP contribution < -0.4 is 0 Å². The van der Waals surface area contributed by atoms with Crippen LogP contribution >= 0.6 is 11.8 Å². The summed E-state index contributed by atoms with van der Waals surface area (Å²) in [5, 5.41) is -0.236. The molecule has 0 radical (unpaired) electrons. The highest BCUT2D eigenvalue weighted by Gasteiger charge is 2.26. The van der Waals surface area contributed by atoms with E-state index in [1.54, 1.807) is 0 Å². The zero-order valence-electron chi connectivity index (χ0n) is 13.3. The SMILES string of the molecule is CCCCC(SCCCC(C)(F)F)C(=O)OC(C)(C)C. The molecule has 0 aromatic carbocycles. The Bertz CT molecular complexity index is 283. The van der Waals surface area contributed by atoms with Crippen LogP contribution in [-0.4, -0.2) is 28.5 Å². The van der Waals surface area contributed by atoms with Crippen LogP contribution in [0.5, 0.6) is 0 Å². The summed E-state index contributed by atoms with van der Waals surface area (Å²) in [6, 6.07) is 0. The summed E-state index contributed by atoms with van der Waals surface area (Å²) in [4.78, 5) is 12.1. The van der Waals surface area contributed by atoms with Crippen molar-refractivity contribution in [2.45, 2.75) is 83.5 Å². The number of halogens is 2. The molecule has 0 aliphatic heterocycles. The van der Waals surface area contributed by atoms with E-state index in [2.05, 4.69) is 6.92 Å². The summed E-state index contributed by atoms with van der Waals surface area (Å²) in [6.45, 7) is 8.51. The molecule has 5 heteroatoms. The number of ether oxygens (including phenoxy) is 1. The molecule has 0 aliphatic carbocycles. The van der Waals surface area contributed by atoms with Crippen molar-refractivity contribution in [3.8, 4) is 0 Å². The smallest absolute Gasteiger partial charge is 0.319 e. The molecule has 0 saturated heterocycles. The minimum absolute atomic E-state index is 0.130. The number of carbonyl (C=O) groups excluding carboxylic acids is 1. The molecule has 0 spiro atoms. The number of esters is 1. The summed E-state index contributed by atoms with van der Waals surface area (Å²) < 4.78 is 30.8. The summed E-state index contributed by atoms with van der Waals surface area (Å²) in [7, 11) is 0. The normalized spacial score (nSPS) is 14.2. The Balaban J connectivity index is 4.24. The average molecular weight is 310 g/mol. The van der Waals surface area contributed by atoms with Crippen molar-refractivity contribution in [1.82, 2.24) is 0 Å². The summed E-state index contributed by atoms with van der Waals surface area (Å²) >= 11 is 1.44. The lowest BCUT2D eigenvalue weighted by Gasteiger charge is -2.24. The summed E-state index contributed by atoms with van der Waals surface area (Å²) in [5.74, 6) is -2.28. The van der Waals surface area contributed by atoms with Crippen molar-refractivity contribution >= 4 is 17.7 Å². The van der Waals surface area contributed by atoms with E-state index in [0.717, 1.165) is 26.2 Å². The van der Waals surface area contributed by atoms with Gasteiger partial charge < -0.3 is 4.74 Å². The fraction of sp³-hybridized carbons (Fsp3) is 0.933. The first kappa shape index (κ1) is 19.7. The molecule has 1 unspecified atom stereocenters. The van der Waals surface area contributed by atoms with Gasteiger partial charge in [0.15, 0.2) is 0 Å². The highest BCUT2D eigenvalue weighted by molar-refractivity contribution is 8.00. The second-order valence-electron chi connectivity index (χ2n) is 6.21. The Labute approximate surface area is 126 Å². The molecule has 2 nitrogen and oxygen atoms in total. The minimum atomic E-state index is -2.62. The summed E-state index contributed by atoms with van der Waals surface area (Å²) in [6.07, 6.45) is 2.99. The first-order valence-corrected chi connectivity index (χ1v) is 8.32. The Morgan fingerprint density at radius 1 is 1.20 bits per heavy atom. The van der Waals surface area contributed by atoms with E-state index < -0.39 is 11.5 Å². The predicted molar refractivity (Wildman–Crippen MR) is 81.5 cm³/mol. The molecule has 0 rings (SSSR count). The van der Waals surface area contributed by atoms with Crippen molar-refractivity contribution < 1.29 is 18.3 Å². The van der Waals surface area contributed by atoms with Gasteiger partial charge in [0.25, 0.3) is 0 Å². The molecule has 0 N–H and O–H groups in total. The molecule has 0 saturated carbocycles. The van der Waals surface area contributed by atoms with Crippen LogP contribution in [0.2, 0.25) is 0 Å². The van der Waals surface area contributed by atoms with Crippen LogP contribution in [-0.2, 0) is 9.53 Å². The molecular weight excluding hydrogens is 282 g/mol. The second-order valence-corrected chi connectivity index (χ2v) is 7.52. The maximum absolute atomic E-state index is 12.7. The topological polar surface area (TPSA) is 26.3 Å². The van der Waals surface area contributed by atoms with E-state index in [0.29, 0.717) is 12.2 Å². The lowest BCUT2D eigenvalue weighted by molar-refractivity contribution is -0.154. The Kier molecular flexibility index (Phi) is 8.71. The fourth-order valence-corrected chi connectivity index (χ4v) is 2.75. The standard InChI is InChI=1S/C15H28F2O2S/c1-6-7-9-12(13(18)19-14(2,3)4)20-11-8-10-15(5,16)17/h12H,6-11H2,1-5H3. The Morgan fingerprint density at radius 2 is 1.80 bits per heavy atom. The van der Waals surface area contributed by atoms with E-state index in [1.165, 1.54) is 11.8 Å². The molecule has 1 atom stereocenters. The molecular formula is C15H28F2O2S. The van der Waals surface area contributed by atoms with Crippen LogP contribution in [0.25, 0.3) is 0 Å². The first-order valence-electron chi connectivity index (χ1n) is 7.27. The molecule has 0 fully saturated rings. The number of unbranched alkanes of at least 4 members (excludes halogenated alkanes) is 1. The fourth-order valence-electron chi connectivity index (χ4n) is 1.63. The van der Waals surface area contributed by atoms with Gasteiger partial charge in [0.05, 0.1) is 0 Å². The molecule has 120 valence electrons. The van der Waals surface area contributed by atoms with Crippen molar-refractivity contribution in [1.29, 1.82) is 0 Å². The van der Waals surface area contributed by atoms with Gasteiger partial charge in [-0.3, -0.25) is 4.79 Å². The second kappa shape index (κ2) is 8.85. The Hall–Kier alpha value is -0.320. The first-order chi connectivity index (χ1) is 9.05. The van der Waals surface area contributed by atoms with Gasteiger partial charge in [-0.1, -0.05) is 19.8 Å². The zero-order chi connectivity index (χ0) is 15.8. The predicted octanol–water partition coefficient (Wildman–Crippen LogP) is 5.06. The molecule has 0 aromatic rings. The van der Waals surface area contributed by atoms with Gasteiger partial charge in [-0.05, 0) is 46.3 Å².